The molecule has 0 unspecified atom stereocenters. The first kappa shape index (κ1) is 13.8. The summed E-state index contributed by atoms with van der Waals surface area (Å²) in [4.78, 5) is 10.1. The van der Waals surface area contributed by atoms with E-state index in [9.17, 15) is 10.1 Å². The average molecular weight is 343 g/mol. The SMILES string of the molecule is O=[N+]([O-])c1ccc(Oc2ccc(CCl)c(Br)c2)cc1. The van der Waals surface area contributed by atoms with E-state index in [0.717, 1.165) is 10.0 Å². The van der Waals surface area contributed by atoms with Crippen molar-refractivity contribution in [1.82, 2.24) is 0 Å². The molecule has 0 aliphatic heterocycles. The van der Waals surface area contributed by atoms with Crippen LogP contribution in [0.1, 0.15) is 5.56 Å². The first-order chi connectivity index (χ1) is 9.10. The highest BCUT2D eigenvalue weighted by atomic mass is 79.9. The fourth-order valence-corrected chi connectivity index (χ4v) is 2.36. The average Bonchev–Trinajstić information content (AvgIpc) is 2.39. The quantitative estimate of drug-likeness (QED) is 0.451. The zero-order chi connectivity index (χ0) is 13.8. The van der Waals surface area contributed by atoms with Gasteiger partial charge in [-0.3, -0.25) is 10.1 Å². The molecule has 0 saturated heterocycles. The van der Waals surface area contributed by atoms with Gasteiger partial charge in [0.05, 0.1) is 4.92 Å². The first-order valence-electron chi connectivity index (χ1n) is 5.37. The van der Waals surface area contributed by atoms with Crippen molar-refractivity contribution in [2.45, 2.75) is 5.88 Å². The first-order valence-corrected chi connectivity index (χ1v) is 6.69. The van der Waals surface area contributed by atoms with Crippen molar-refractivity contribution in [2.75, 3.05) is 0 Å². The van der Waals surface area contributed by atoms with E-state index >= 15 is 0 Å². The number of non-ortho nitro benzene ring substituents is 1. The van der Waals surface area contributed by atoms with Crippen molar-refractivity contribution >= 4 is 33.2 Å². The molecule has 6 heteroatoms. The molecule has 0 saturated carbocycles. The summed E-state index contributed by atoms with van der Waals surface area (Å²) < 4.78 is 6.46. The summed E-state index contributed by atoms with van der Waals surface area (Å²) in [5, 5.41) is 10.5. The molecule has 2 rings (SSSR count). The van der Waals surface area contributed by atoms with Crippen LogP contribution in [0.25, 0.3) is 0 Å². The number of nitrogens with zero attached hydrogens (tertiary/aromatic N) is 1. The van der Waals surface area contributed by atoms with Gasteiger partial charge in [0.15, 0.2) is 0 Å². The van der Waals surface area contributed by atoms with Gasteiger partial charge in [-0.15, -0.1) is 11.6 Å². The van der Waals surface area contributed by atoms with Gasteiger partial charge in [-0.2, -0.15) is 0 Å². The van der Waals surface area contributed by atoms with E-state index in [1.165, 1.54) is 12.1 Å². The maximum atomic E-state index is 10.5. The Morgan fingerprint density at radius 2 is 1.79 bits per heavy atom. The fraction of sp³-hybridized carbons (Fsp3) is 0.0769. The standard InChI is InChI=1S/C13H9BrClNO3/c14-13-7-12(4-1-9(13)8-15)19-11-5-2-10(3-6-11)16(17)18/h1-7H,8H2. The highest BCUT2D eigenvalue weighted by Crippen LogP contribution is 2.28. The van der Waals surface area contributed by atoms with E-state index in [-0.39, 0.29) is 5.69 Å². The van der Waals surface area contributed by atoms with Crippen LogP contribution in [0.2, 0.25) is 0 Å². The third kappa shape index (κ3) is 3.45. The number of hydrogen-bond acceptors (Lipinski definition) is 3. The Balaban J connectivity index is 2.16. The largest absolute Gasteiger partial charge is 0.457 e. The number of alkyl halides is 1. The number of nitro groups is 1. The summed E-state index contributed by atoms with van der Waals surface area (Å²) in [7, 11) is 0. The monoisotopic (exact) mass is 341 g/mol. The van der Waals surface area contributed by atoms with Gasteiger partial charge in [-0.1, -0.05) is 22.0 Å². The van der Waals surface area contributed by atoms with Crippen LogP contribution >= 0.6 is 27.5 Å². The van der Waals surface area contributed by atoms with Crippen molar-refractivity contribution < 1.29 is 9.66 Å². The summed E-state index contributed by atoms with van der Waals surface area (Å²) in [5.41, 5.74) is 1.00. The third-order valence-corrected chi connectivity index (χ3v) is 3.48. The van der Waals surface area contributed by atoms with Crippen LogP contribution in [-0.4, -0.2) is 4.92 Å². The summed E-state index contributed by atoms with van der Waals surface area (Å²) in [5.74, 6) is 1.59. The Hall–Kier alpha value is -1.59. The van der Waals surface area contributed by atoms with Crippen LogP contribution in [0.15, 0.2) is 46.9 Å². The number of ether oxygens (including phenoxy) is 1. The molecular weight excluding hydrogens is 334 g/mol. The highest BCUT2D eigenvalue weighted by Gasteiger charge is 2.06. The lowest BCUT2D eigenvalue weighted by Gasteiger charge is -2.07. The Morgan fingerprint density at radius 1 is 1.16 bits per heavy atom. The molecule has 0 spiro atoms. The molecule has 0 bridgehead atoms. The molecule has 0 aliphatic carbocycles. The minimum atomic E-state index is -0.449. The van der Waals surface area contributed by atoms with Crippen molar-refractivity contribution in [3.8, 4) is 11.5 Å². The molecule has 2 aromatic carbocycles. The van der Waals surface area contributed by atoms with Gasteiger partial charge in [-0.05, 0) is 29.8 Å². The van der Waals surface area contributed by atoms with E-state index in [0.29, 0.717) is 17.4 Å². The lowest BCUT2D eigenvalue weighted by atomic mass is 10.2. The predicted octanol–water partition coefficient (Wildman–Crippen LogP) is 4.89. The van der Waals surface area contributed by atoms with E-state index < -0.39 is 4.92 Å². The predicted molar refractivity (Wildman–Crippen MR) is 76.9 cm³/mol. The molecule has 0 aromatic heterocycles. The number of hydrogen-bond donors (Lipinski definition) is 0. The van der Waals surface area contributed by atoms with E-state index in [4.69, 9.17) is 16.3 Å². The van der Waals surface area contributed by atoms with Gasteiger partial charge in [0.1, 0.15) is 11.5 Å². The van der Waals surface area contributed by atoms with Crippen LogP contribution in [0.3, 0.4) is 0 Å². The number of rotatable bonds is 4. The van der Waals surface area contributed by atoms with Gasteiger partial charge < -0.3 is 4.74 Å². The second-order valence-corrected chi connectivity index (χ2v) is 4.86. The number of halogens is 2. The molecule has 0 radical (unpaired) electrons. The molecular formula is C13H9BrClNO3. The normalized spacial score (nSPS) is 10.2. The van der Waals surface area contributed by atoms with Gasteiger partial charge in [0.2, 0.25) is 0 Å². The van der Waals surface area contributed by atoms with E-state index in [2.05, 4.69) is 15.9 Å². The molecule has 0 N–H and O–H groups in total. The van der Waals surface area contributed by atoms with Crippen molar-refractivity contribution in [3.05, 3.63) is 62.6 Å². The van der Waals surface area contributed by atoms with Crippen molar-refractivity contribution in [2.24, 2.45) is 0 Å². The van der Waals surface area contributed by atoms with Crippen LogP contribution in [0.5, 0.6) is 11.5 Å². The highest BCUT2D eigenvalue weighted by molar-refractivity contribution is 9.10. The molecule has 0 heterocycles. The summed E-state index contributed by atoms with van der Waals surface area (Å²) in [6, 6.07) is 11.4. The summed E-state index contributed by atoms with van der Waals surface area (Å²) >= 11 is 9.15. The molecule has 4 nitrogen and oxygen atoms in total. The molecule has 0 amide bonds. The molecule has 0 aliphatic rings. The molecule has 0 fully saturated rings. The van der Waals surface area contributed by atoms with Crippen molar-refractivity contribution in [3.63, 3.8) is 0 Å². The Kier molecular flexibility index (Phi) is 4.39. The van der Waals surface area contributed by atoms with Gasteiger partial charge in [-0.25, -0.2) is 0 Å². The zero-order valence-corrected chi connectivity index (χ0v) is 12.0. The van der Waals surface area contributed by atoms with Crippen LogP contribution in [0, 0.1) is 10.1 Å². The molecule has 98 valence electrons. The fourth-order valence-electron chi connectivity index (χ4n) is 1.47. The molecule has 0 atom stereocenters. The minimum Gasteiger partial charge on any atom is -0.457 e. The van der Waals surface area contributed by atoms with E-state index in [1.54, 1.807) is 24.3 Å². The van der Waals surface area contributed by atoms with Gasteiger partial charge >= 0.3 is 0 Å². The smallest absolute Gasteiger partial charge is 0.269 e. The Labute approximate surface area is 123 Å². The maximum Gasteiger partial charge on any atom is 0.269 e. The lowest BCUT2D eigenvalue weighted by molar-refractivity contribution is -0.384. The maximum absolute atomic E-state index is 10.5. The second-order valence-electron chi connectivity index (χ2n) is 3.74. The van der Waals surface area contributed by atoms with Crippen LogP contribution in [0.4, 0.5) is 5.69 Å². The third-order valence-electron chi connectivity index (χ3n) is 2.45. The Bertz CT molecular complexity index is 601. The van der Waals surface area contributed by atoms with Gasteiger partial charge in [0, 0.05) is 22.5 Å². The number of benzene rings is 2. The lowest BCUT2D eigenvalue weighted by Crippen LogP contribution is -1.89. The Morgan fingerprint density at radius 3 is 2.32 bits per heavy atom. The summed E-state index contributed by atoms with van der Waals surface area (Å²) in [6.45, 7) is 0. The zero-order valence-electron chi connectivity index (χ0n) is 9.68. The second kappa shape index (κ2) is 6.04. The molecule has 2 aromatic rings. The molecule has 19 heavy (non-hydrogen) atoms. The summed E-state index contributed by atoms with van der Waals surface area (Å²) in [6.07, 6.45) is 0. The number of nitro benzene ring substituents is 1. The van der Waals surface area contributed by atoms with E-state index in [1.807, 2.05) is 6.07 Å². The minimum absolute atomic E-state index is 0.0334. The van der Waals surface area contributed by atoms with Crippen LogP contribution in [-0.2, 0) is 5.88 Å². The van der Waals surface area contributed by atoms with Gasteiger partial charge in [0.25, 0.3) is 5.69 Å². The van der Waals surface area contributed by atoms with Crippen LogP contribution < -0.4 is 4.74 Å². The topological polar surface area (TPSA) is 52.4 Å². The van der Waals surface area contributed by atoms with Crippen molar-refractivity contribution in [1.29, 1.82) is 0 Å².